The molecule has 11 unspecified atom stereocenters. The normalized spacial score (nSPS) is 33.4. The van der Waals surface area contributed by atoms with E-state index in [1.807, 2.05) is 17.0 Å². The Labute approximate surface area is 342 Å². The molecule has 4 heterocycles. The molecule has 3 saturated heterocycles. The minimum atomic E-state index is -2.46. The van der Waals surface area contributed by atoms with Crippen LogP contribution in [0.25, 0.3) is 0 Å². The van der Waals surface area contributed by atoms with Crippen LogP contribution in [0.4, 0.5) is 5.69 Å². The van der Waals surface area contributed by atoms with Crippen molar-refractivity contribution in [3.05, 3.63) is 100 Å². The summed E-state index contributed by atoms with van der Waals surface area (Å²) in [6.07, 6.45) is -4.72. The fraction of sp³-hybridized carbons (Fsp3) is 0.429. The Morgan fingerprint density at radius 2 is 1.78 bits per heavy atom. The van der Waals surface area contributed by atoms with Crippen LogP contribution in [0.1, 0.15) is 68.2 Å². The predicted molar refractivity (Wildman–Crippen MR) is 208 cm³/mol. The zero-order valence-corrected chi connectivity index (χ0v) is 32.1. The first kappa shape index (κ1) is 40.1. The lowest BCUT2D eigenvalue weighted by Gasteiger charge is -2.59. The molecule has 2 aliphatic carbocycles. The Morgan fingerprint density at radius 1 is 1.03 bits per heavy atom. The molecule has 18 nitrogen and oxygen atoms in total. The van der Waals surface area contributed by atoms with Gasteiger partial charge in [-0.1, -0.05) is 42.5 Å². The highest BCUT2D eigenvalue weighted by Gasteiger charge is 2.69. The number of benzene rings is 3. The maximum absolute atomic E-state index is 14.6. The summed E-state index contributed by atoms with van der Waals surface area (Å²) in [7, 11) is 0. The molecule has 10 N–H and O–H groups in total. The number of aliphatic hydroxyl groups excluding tert-OH is 3. The van der Waals surface area contributed by atoms with E-state index in [4.69, 9.17) is 24.7 Å². The topological polar surface area (TPSA) is 272 Å². The van der Waals surface area contributed by atoms with Gasteiger partial charge < -0.3 is 59.5 Å². The lowest BCUT2D eigenvalue weighted by atomic mass is 9.62. The number of hydrogen-bond donors (Lipinski definition) is 9. The van der Waals surface area contributed by atoms with Gasteiger partial charge in [-0.15, -0.1) is 0 Å². The molecule has 4 aliphatic heterocycles. The number of amides is 1. The number of aliphatic hydroxyl groups is 5. The molecule has 0 radical (unpaired) electrons. The molecule has 3 aromatic rings. The minimum absolute atomic E-state index is 0.0515. The maximum Gasteiger partial charge on any atom is 0.242 e. The summed E-state index contributed by atoms with van der Waals surface area (Å²) in [6, 6.07) is 14.3. The third kappa shape index (κ3) is 6.21. The number of fused-ring (bicyclic) bond motifs is 10. The van der Waals surface area contributed by atoms with Crippen LogP contribution in [0, 0.1) is 5.92 Å². The van der Waals surface area contributed by atoms with Crippen molar-refractivity contribution >= 4 is 29.4 Å². The highest BCUT2D eigenvalue weighted by atomic mass is 16.7. The molecule has 4 bridgehead atoms. The van der Waals surface area contributed by atoms with Crippen LogP contribution in [-0.2, 0) is 19.1 Å². The third-order valence-corrected chi connectivity index (χ3v) is 12.7. The average Bonchev–Trinajstić information content (AvgIpc) is 3.65. The SMILES string of the molecule is NC1NC(=O)C2NCN(c3ccccc3C3C=COCC4OC(Oc5c3cc3c(c5OCC(O)CC=O)C(=O)c5ccccc5C3=O)C3(O)C(CO)CCC4(O)C3O)C2N1. The van der Waals surface area contributed by atoms with Gasteiger partial charge in [0.15, 0.2) is 28.7 Å². The molecule has 0 aromatic heterocycles. The van der Waals surface area contributed by atoms with E-state index in [9.17, 15) is 44.7 Å². The Morgan fingerprint density at radius 3 is 2.55 bits per heavy atom. The summed E-state index contributed by atoms with van der Waals surface area (Å²) >= 11 is 0. The highest BCUT2D eigenvalue weighted by molar-refractivity contribution is 6.29. The number of ether oxygens (including phenoxy) is 4. The number of anilines is 1. The zero-order chi connectivity index (χ0) is 42.1. The summed E-state index contributed by atoms with van der Waals surface area (Å²) < 4.78 is 25.4. The van der Waals surface area contributed by atoms with Crippen molar-refractivity contribution in [2.45, 2.75) is 79.5 Å². The number of rotatable bonds is 8. The van der Waals surface area contributed by atoms with E-state index in [2.05, 4.69) is 16.0 Å². The monoisotopic (exact) mass is 827 g/mol. The lowest BCUT2D eigenvalue weighted by molar-refractivity contribution is -0.381. The van der Waals surface area contributed by atoms with Crippen molar-refractivity contribution in [2.75, 3.05) is 31.4 Å². The number of nitrogens with zero attached hydrogens (tertiary/aromatic N) is 1. The van der Waals surface area contributed by atoms with Gasteiger partial charge in [0.1, 0.15) is 55.8 Å². The van der Waals surface area contributed by atoms with Crippen LogP contribution in [0.5, 0.6) is 11.5 Å². The molecule has 1 amide bonds. The molecule has 316 valence electrons. The fourth-order valence-electron chi connectivity index (χ4n) is 9.53. The Hall–Kier alpha value is -5.28. The van der Waals surface area contributed by atoms with Crippen LogP contribution in [-0.4, -0.2) is 130 Å². The summed E-state index contributed by atoms with van der Waals surface area (Å²) in [4.78, 5) is 55.4. The van der Waals surface area contributed by atoms with Gasteiger partial charge in [-0.05, 0) is 36.6 Å². The van der Waals surface area contributed by atoms with Gasteiger partial charge >= 0.3 is 0 Å². The van der Waals surface area contributed by atoms with Crippen LogP contribution < -0.4 is 36.1 Å². The van der Waals surface area contributed by atoms with Gasteiger partial charge in [0, 0.05) is 52.8 Å². The summed E-state index contributed by atoms with van der Waals surface area (Å²) in [6.45, 7) is -1.30. The second kappa shape index (κ2) is 15.3. The van der Waals surface area contributed by atoms with Crippen molar-refractivity contribution in [2.24, 2.45) is 11.7 Å². The van der Waals surface area contributed by atoms with Crippen LogP contribution in [0.15, 0.2) is 66.9 Å². The van der Waals surface area contributed by atoms with E-state index in [0.29, 0.717) is 17.5 Å². The number of nitrogens with two attached hydrogens (primary N) is 1. The number of nitrogens with one attached hydrogen (secondary N) is 3. The number of para-hydroxylation sites is 1. The summed E-state index contributed by atoms with van der Waals surface area (Å²) in [5.41, 5.74) is 2.90. The van der Waals surface area contributed by atoms with Gasteiger partial charge in [-0.3, -0.25) is 30.8 Å². The molecule has 6 aliphatic rings. The average molecular weight is 828 g/mol. The minimum Gasteiger partial charge on any atom is -0.499 e. The molecule has 1 saturated carbocycles. The second-order valence-electron chi connectivity index (χ2n) is 16.0. The van der Waals surface area contributed by atoms with Gasteiger partial charge in [-0.2, -0.15) is 0 Å². The molecule has 4 fully saturated rings. The third-order valence-electron chi connectivity index (χ3n) is 12.7. The van der Waals surface area contributed by atoms with Crippen LogP contribution >= 0.6 is 0 Å². The molecule has 18 heteroatoms. The van der Waals surface area contributed by atoms with Crippen molar-refractivity contribution in [1.82, 2.24) is 16.0 Å². The predicted octanol–water partition coefficient (Wildman–Crippen LogP) is -1.18. The number of carbonyl (C=O) groups is 4. The number of hydrogen-bond acceptors (Lipinski definition) is 17. The van der Waals surface area contributed by atoms with Gasteiger partial charge in [-0.25, -0.2) is 0 Å². The molecule has 0 spiro atoms. The Kier molecular flexibility index (Phi) is 10.3. The number of allylic oxidation sites excluding steroid dienone is 1. The Bertz CT molecular complexity index is 2270. The van der Waals surface area contributed by atoms with Crippen molar-refractivity contribution in [3.63, 3.8) is 0 Å². The smallest absolute Gasteiger partial charge is 0.242 e. The quantitative estimate of drug-likeness (QED) is 0.0946. The molecule has 9 rings (SSSR count). The molecular formula is C42H45N5O13. The van der Waals surface area contributed by atoms with Crippen molar-refractivity contribution < 1.29 is 63.7 Å². The van der Waals surface area contributed by atoms with E-state index >= 15 is 0 Å². The van der Waals surface area contributed by atoms with Gasteiger partial charge in [0.05, 0.1) is 24.6 Å². The fourth-order valence-corrected chi connectivity index (χ4v) is 9.53. The largest absolute Gasteiger partial charge is 0.499 e. The second-order valence-corrected chi connectivity index (χ2v) is 16.0. The van der Waals surface area contributed by atoms with E-state index in [0.717, 1.165) is 0 Å². The highest BCUT2D eigenvalue weighted by Crippen LogP contribution is 2.53. The van der Waals surface area contributed by atoms with Crippen LogP contribution in [0.3, 0.4) is 0 Å². The lowest BCUT2D eigenvalue weighted by Crippen LogP contribution is -2.78. The zero-order valence-electron chi connectivity index (χ0n) is 32.1. The first-order chi connectivity index (χ1) is 28.9. The van der Waals surface area contributed by atoms with Crippen molar-refractivity contribution in [1.29, 1.82) is 0 Å². The maximum atomic E-state index is 14.6. The summed E-state index contributed by atoms with van der Waals surface area (Å²) in [5, 5.41) is 66.6. The standard InChI is InChI=1S/C42H45N5O13/c43-40-45-36-31(37(53)46-40)44-19-47(36)28-8-4-3-5-23(28)22-11-14-57-18-29-41(55)12-9-20(16-49)42(56,38(41)54)39(59-29)60-34-26(22)15-27-30(35(34)58-17-21(50)10-13-48)33(52)25-7-2-1-6-24(25)32(27)51/h1-8,11,13-15,20-22,29,31,36,38-40,44-45,49-50,54-56H,9-10,12,16-19,43H2,(H,46,53). The molecule has 11 atom stereocenters. The first-order valence-corrected chi connectivity index (χ1v) is 19.8. The van der Waals surface area contributed by atoms with E-state index in [-0.39, 0.29) is 77.8 Å². The Balaban J connectivity index is 1.30. The van der Waals surface area contributed by atoms with E-state index < -0.39 is 90.9 Å². The molecule has 3 aromatic carbocycles. The number of ketones is 2. The van der Waals surface area contributed by atoms with Crippen molar-refractivity contribution in [3.8, 4) is 11.5 Å². The number of carbonyl (C=O) groups excluding carboxylic acids is 4. The van der Waals surface area contributed by atoms with E-state index in [1.165, 1.54) is 24.5 Å². The first-order valence-electron chi connectivity index (χ1n) is 19.8. The van der Waals surface area contributed by atoms with E-state index in [1.54, 1.807) is 30.3 Å². The summed E-state index contributed by atoms with van der Waals surface area (Å²) in [5.74, 6) is -4.05. The van der Waals surface area contributed by atoms with Gasteiger partial charge in [0.25, 0.3) is 0 Å². The number of aldehydes is 1. The molecular weight excluding hydrogens is 782 g/mol. The van der Waals surface area contributed by atoms with Crippen LogP contribution in [0.2, 0.25) is 0 Å². The van der Waals surface area contributed by atoms with Gasteiger partial charge in [0.2, 0.25) is 12.2 Å². The molecule has 60 heavy (non-hydrogen) atoms.